The summed E-state index contributed by atoms with van der Waals surface area (Å²) in [5.74, 6) is -0.968. The minimum absolute atomic E-state index is 0.0348. The highest BCUT2D eigenvalue weighted by molar-refractivity contribution is 6.02. The van der Waals surface area contributed by atoms with Gasteiger partial charge in [0.25, 0.3) is 0 Å². The number of fused-ring (bicyclic) bond motifs is 1. The largest absolute Gasteiger partial charge is 0.494 e. The predicted molar refractivity (Wildman–Crippen MR) is 98.5 cm³/mol. The number of aromatic amines is 1. The number of rotatable bonds is 6. The van der Waals surface area contributed by atoms with Crippen molar-refractivity contribution >= 4 is 28.5 Å². The maximum absolute atomic E-state index is 14.2. The van der Waals surface area contributed by atoms with Crippen molar-refractivity contribution in [3.8, 4) is 5.88 Å². The summed E-state index contributed by atoms with van der Waals surface area (Å²) in [6.07, 6.45) is 1.42. The summed E-state index contributed by atoms with van der Waals surface area (Å²) in [6.45, 7) is 2.34. The lowest BCUT2D eigenvalue weighted by Gasteiger charge is -2.14. The summed E-state index contributed by atoms with van der Waals surface area (Å²) in [4.78, 5) is 6.89. The van der Waals surface area contributed by atoms with Gasteiger partial charge in [-0.05, 0) is 37.3 Å². The van der Waals surface area contributed by atoms with E-state index in [1.165, 1.54) is 24.4 Å². The standard InChI is InChI=1S/C19H19F2N3O2/c1-11(10-26-2)23-17-6-4-13(8-16(17)21)22-9-15-14-5-3-12(20)7-18(14)24-19(15)25/h3-9,11,23-25H,10H2,1-2H3. The molecule has 1 unspecified atom stereocenters. The molecule has 26 heavy (non-hydrogen) atoms. The topological polar surface area (TPSA) is 69.6 Å². The number of benzene rings is 2. The first kappa shape index (κ1) is 17.9. The Labute approximate surface area is 149 Å². The zero-order valence-corrected chi connectivity index (χ0v) is 14.4. The molecular formula is C19H19F2N3O2. The Balaban J connectivity index is 1.83. The third kappa shape index (κ3) is 3.83. The Morgan fingerprint density at radius 2 is 2.08 bits per heavy atom. The van der Waals surface area contributed by atoms with Crippen molar-refractivity contribution < 1.29 is 18.6 Å². The highest BCUT2D eigenvalue weighted by Gasteiger charge is 2.10. The predicted octanol–water partition coefficient (Wildman–Crippen LogP) is 4.35. The lowest BCUT2D eigenvalue weighted by molar-refractivity contribution is 0.190. The van der Waals surface area contributed by atoms with Gasteiger partial charge in [-0.15, -0.1) is 0 Å². The Bertz CT molecular complexity index is 953. The number of hydrogen-bond acceptors (Lipinski definition) is 4. The quantitative estimate of drug-likeness (QED) is 0.573. The van der Waals surface area contributed by atoms with Gasteiger partial charge in [-0.25, -0.2) is 8.78 Å². The smallest absolute Gasteiger partial charge is 0.198 e. The molecule has 3 N–H and O–H groups in total. The van der Waals surface area contributed by atoms with Crippen LogP contribution < -0.4 is 5.32 Å². The van der Waals surface area contributed by atoms with Crippen molar-refractivity contribution in [2.45, 2.75) is 13.0 Å². The molecule has 2 aromatic carbocycles. The van der Waals surface area contributed by atoms with E-state index < -0.39 is 11.6 Å². The van der Waals surface area contributed by atoms with Crippen LogP contribution >= 0.6 is 0 Å². The number of aromatic hydroxyl groups is 1. The first-order valence-electron chi connectivity index (χ1n) is 8.07. The van der Waals surface area contributed by atoms with Crippen molar-refractivity contribution in [1.82, 2.24) is 4.98 Å². The molecule has 0 aliphatic heterocycles. The molecule has 0 spiro atoms. The molecule has 1 heterocycles. The number of nitrogens with one attached hydrogen (secondary N) is 2. The first-order chi connectivity index (χ1) is 12.5. The molecule has 0 bridgehead atoms. The fourth-order valence-electron chi connectivity index (χ4n) is 2.71. The average Bonchev–Trinajstić information content (AvgIpc) is 2.89. The van der Waals surface area contributed by atoms with E-state index in [2.05, 4.69) is 15.3 Å². The van der Waals surface area contributed by atoms with Crippen LogP contribution in [0.25, 0.3) is 10.9 Å². The fourth-order valence-corrected chi connectivity index (χ4v) is 2.71. The second-order valence-electron chi connectivity index (χ2n) is 6.00. The maximum atomic E-state index is 14.2. The summed E-state index contributed by atoms with van der Waals surface area (Å²) >= 11 is 0. The van der Waals surface area contributed by atoms with Crippen LogP contribution in [0.15, 0.2) is 41.4 Å². The van der Waals surface area contributed by atoms with Crippen LogP contribution in [0.2, 0.25) is 0 Å². The minimum Gasteiger partial charge on any atom is -0.494 e. The highest BCUT2D eigenvalue weighted by Crippen LogP contribution is 2.27. The van der Waals surface area contributed by atoms with Gasteiger partial charge in [-0.2, -0.15) is 0 Å². The molecule has 0 fully saturated rings. The molecular weight excluding hydrogens is 340 g/mol. The third-order valence-corrected chi connectivity index (χ3v) is 3.89. The number of halogens is 2. The molecule has 0 saturated heterocycles. The van der Waals surface area contributed by atoms with Crippen LogP contribution in [0.4, 0.5) is 20.2 Å². The molecule has 0 radical (unpaired) electrons. The molecule has 3 rings (SSSR count). The van der Waals surface area contributed by atoms with Crippen molar-refractivity contribution in [3.05, 3.63) is 53.6 Å². The normalized spacial score (nSPS) is 12.8. The molecule has 0 saturated carbocycles. The summed E-state index contributed by atoms with van der Waals surface area (Å²) in [5, 5.41) is 13.6. The van der Waals surface area contributed by atoms with Gasteiger partial charge < -0.3 is 20.1 Å². The van der Waals surface area contributed by atoms with Gasteiger partial charge in [-0.1, -0.05) is 0 Å². The molecule has 136 valence electrons. The molecule has 7 heteroatoms. The Hall–Kier alpha value is -2.93. The molecule has 0 aliphatic carbocycles. The van der Waals surface area contributed by atoms with Crippen molar-refractivity contribution in [2.75, 3.05) is 19.0 Å². The van der Waals surface area contributed by atoms with E-state index in [1.54, 1.807) is 25.3 Å². The number of ether oxygens (including phenoxy) is 1. The summed E-state index contributed by atoms with van der Waals surface area (Å²) in [7, 11) is 1.58. The van der Waals surface area contributed by atoms with Gasteiger partial charge in [0.1, 0.15) is 11.6 Å². The highest BCUT2D eigenvalue weighted by atomic mass is 19.1. The summed E-state index contributed by atoms with van der Waals surface area (Å²) in [5.41, 5.74) is 1.63. The average molecular weight is 359 g/mol. The molecule has 1 aromatic heterocycles. The Morgan fingerprint density at radius 3 is 2.81 bits per heavy atom. The van der Waals surface area contributed by atoms with E-state index in [0.717, 1.165) is 0 Å². The van der Waals surface area contributed by atoms with Crippen LogP contribution in [0.1, 0.15) is 12.5 Å². The van der Waals surface area contributed by atoms with Crippen LogP contribution in [0.3, 0.4) is 0 Å². The van der Waals surface area contributed by atoms with Gasteiger partial charge in [-0.3, -0.25) is 4.99 Å². The number of anilines is 1. The van der Waals surface area contributed by atoms with Crippen molar-refractivity contribution in [3.63, 3.8) is 0 Å². The van der Waals surface area contributed by atoms with E-state index in [4.69, 9.17) is 4.74 Å². The minimum atomic E-state index is -0.437. The molecule has 0 aliphatic rings. The SMILES string of the molecule is COCC(C)Nc1ccc(N=Cc2c(O)[nH]c3cc(F)ccc23)cc1F. The number of H-pyrrole nitrogens is 1. The third-order valence-electron chi connectivity index (χ3n) is 3.89. The van der Waals surface area contributed by atoms with Gasteiger partial charge in [0.15, 0.2) is 5.88 Å². The molecule has 5 nitrogen and oxygen atoms in total. The fraction of sp³-hybridized carbons (Fsp3) is 0.211. The lowest BCUT2D eigenvalue weighted by Crippen LogP contribution is -2.21. The van der Waals surface area contributed by atoms with Gasteiger partial charge in [0.2, 0.25) is 0 Å². The van der Waals surface area contributed by atoms with Crippen LogP contribution in [-0.2, 0) is 4.74 Å². The zero-order valence-electron chi connectivity index (χ0n) is 14.4. The van der Waals surface area contributed by atoms with Crippen LogP contribution in [0, 0.1) is 11.6 Å². The summed E-state index contributed by atoms with van der Waals surface area (Å²) < 4.78 is 32.5. The van der Waals surface area contributed by atoms with Crippen LogP contribution in [0.5, 0.6) is 5.88 Å². The molecule has 0 amide bonds. The number of methoxy groups -OCH3 is 1. The van der Waals surface area contributed by atoms with Gasteiger partial charge in [0.05, 0.1) is 29.1 Å². The Morgan fingerprint density at radius 1 is 1.27 bits per heavy atom. The Kier molecular flexibility index (Phi) is 5.18. The molecule has 3 aromatic rings. The maximum Gasteiger partial charge on any atom is 0.198 e. The zero-order chi connectivity index (χ0) is 18.7. The summed E-state index contributed by atoms with van der Waals surface area (Å²) in [6, 6.07) is 8.65. The van der Waals surface area contributed by atoms with E-state index in [1.807, 2.05) is 6.92 Å². The second kappa shape index (κ2) is 7.53. The molecule has 1 atom stereocenters. The van der Waals surface area contributed by atoms with Gasteiger partial charge in [0, 0.05) is 30.8 Å². The van der Waals surface area contributed by atoms with Crippen LogP contribution in [-0.4, -0.2) is 36.1 Å². The number of nitrogens with zero attached hydrogens (tertiary/aromatic N) is 1. The van der Waals surface area contributed by atoms with E-state index in [-0.39, 0.29) is 11.9 Å². The van der Waals surface area contributed by atoms with E-state index >= 15 is 0 Å². The second-order valence-corrected chi connectivity index (χ2v) is 6.00. The van der Waals surface area contributed by atoms with E-state index in [0.29, 0.717) is 34.4 Å². The monoisotopic (exact) mass is 359 g/mol. The van der Waals surface area contributed by atoms with E-state index in [9.17, 15) is 13.9 Å². The van der Waals surface area contributed by atoms with Gasteiger partial charge >= 0.3 is 0 Å². The number of hydrogen-bond donors (Lipinski definition) is 3. The number of aromatic nitrogens is 1. The first-order valence-corrected chi connectivity index (χ1v) is 8.07. The van der Waals surface area contributed by atoms with Crippen molar-refractivity contribution in [2.24, 2.45) is 4.99 Å². The lowest BCUT2D eigenvalue weighted by atomic mass is 10.2. The van der Waals surface area contributed by atoms with Crippen molar-refractivity contribution in [1.29, 1.82) is 0 Å². The number of aliphatic imine (C=N–C) groups is 1.